The molecule has 4 heterocycles. The third-order valence-corrected chi connectivity index (χ3v) is 9.27. The van der Waals surface area contributed by atoms with Crippen molar-refractivity contribution in [3.8, 4) is 0 Å². The highest BCUT2D eigenvalue weighted by Crippen LogP contribution is 2.59. The molecular formula is C31H41N3O5. The maximum absolute atomic E-state index is 14.6. The zero-order chi connectivity index (χ0) is 27.9. The molecule has 1 aromatic rings. The van der Waals surface area contributed by atoms with Crippen molar-refractivity contribution in [1.29, 1.82) is 0 Å². The highest BCUT2D eigenvalue weighted by molar-refractivity contribution is 6.00. The Labute approximate surface area is 231 Å². The van der Waals surface area contributed by atoms with Crippen LogP contribution in [0.1, 0.15) is 45.6 Å². The average Bonchev–Trinajstić information content (AvgIpc) is 3.24. The average molecular weight is 536 g/mol. The molecule has 0 saturated carbocycles. The van der Waals surface area contributed by atoms with Crippen molar-refractivity contribution in [2.75, 3.05) is 26.7 Å². The minimum atomic E-state index is -1.31. The van der Waals surface area contributed by atoms with Crippen LogP contribution in [0, 0.1) is 11.8 Å². The van der Waals surface area contributed by atoms with E-state index in [1.807, 2.05) is 73.4 Å². The lowest BCUT2D eigenvalue weighted by atomic mass is 9.73. The molecule has 0 aliphatic carbocycles. The van der Waals surface area contributed by atoms with Crippen LogP contribution in [-0.2, 0) is 25.5 Å². The second-order valence-electron chi connectivity index (χ2n) is 11.5. The Bertz CT molecular complexity index is 1170. The van der Waals surface area contributed by atoms with Gasteiger partial charge in [0.15, 0.2) is 0 Å². The van der Waals surface area contributed by atoms with Gasteiger partial charge in [-0.05, 0) is 31.7 Å². The van der Waals surface area contributed by atoms with Crippen LogP contribution in [0.15, 0.2) is 54.6 Å². The summed E-state index contributed by atoms with van der Waals surface area (Å²) in [6, 6.07) is 8.03. The number of nitrogens with zero attached hydrogens (tertiary/aromatic N) is 3. The predicted octanol–water partition coefficient (Wildman–Crippen LogP) is 2.57. The van der Waals surface area contributed by atoms with Crippen molar-refractivity contribution in [1.82, 2.24) is 14.7 Å². The quantitative estimate of drug-likeness (QED) is 0.517. The highest BCUT2D eigenvalue weighted by Gasteiger charge is 2.75. The SMILES string of the molecule is CCCC(C)N1CC=C[C@]23O[C@]4(CC)C=CCN(C)C(=O)[C@@H]4[C@H]2C(=O)N([C@@H](CO)Cc2ccccc2)C3C1=O. The zero-order valence-corrected chi connectivity index (χ0v) is 23.5. The molecule has 1 spiro atoms. The molecule has 7 atom stereocenters. The molecule has 39 heavy (non-hydrogen) atoms. The van der Waals surface area contributed by atoms with Crippen molar-refractivity contribution < 1.29 is 24.2 Å². The summed E-state index contributed by atoms with van der Waals surface area (Å²) in [5, 5.41) is 10.6. The van der Waals surface area contributed by atoms with E-state index in [2.05, 4.69) is 6.92 Å². The second-order valence-corrected chi connectivity index (χ2v) is 11.5. The number of aliphatic hydroxyl groups excluding tert-OH is 1. The fourth-order valence-electron chi connectivity index (χ4n) is 7.34. The van der Waals surface area contributed by atoms with Gasteiger partial charge in [-0.2, -0.15) is 0 Å². The van der Waals surface area contributed by atoms with Gasteiger partial charge in [-0.3, -0.25) is 14.4 Å². The summed E-state index contributed by atoms with van der Waals surface area (Å²) in [6.07, 6.45) is 10.3. The topological polar surface area (TPSA) is 90.4 Å². The lowest BCUT2D eigenvalue weighted by Gasteiger charge is -2.41. The van der Waals surface area contributed by atoms with Gasteiger partial charge in [0.05, 0.1) is 30.1 Å². The summed E-state index contributed by atoms with van der Waals surface area (Å²) in [5.74, 6) is -2.26. The number of likely N-dealkylation sites (N-methyl/N-ethyl adjacent to an activating group) is 1. The molecule has 1 aromatic carbocycles. The van der Waals surface area contributed by atoms with E-state index >= 15 is 0 Å². The number of ether oxygens (including phenoxy) is 1. The van der Waals surface area contributed by atoms with Crippen LogP contribution < -0.4 is 0 Å². The summed E-state index contributed by atoms with van der Waals surface area (Å²) in [4.78, 5) is 48.1. The summed E-state index contributed by atoms with van der Waals surface area (Å²) in [6.45, 7) is 6.63. The van der Waals surface area contributed by atoms with Crippen molar-refractivity contribution in [2.45, 2.75) is 75.8 Å². The molecule has 5 rings (SSSR count). The van der Waals surface area contributed by atoms with Crippen LogP contribution in [0.4, 0.5) is 0 Å². The molecule has 8 heteroatoms. The van der Waals surface area contributed by atoms with Gasteiger partial charge in [0.1, 0.15) is 11.6 Å². The molecular weight excluding hydrogens is 494 g/mol. The summed E-state index contributed by atoms with van der Waals surface area (Å²) < 4.78 is 6.99. The monoisotopic (exact) mass is 535 g/mol. The van der Waals surface area contributed by atoms with Gasteiger partial charge in [-0.25, -0.2) is 0 Å². The highest BCUT2D eigenvalue weighted by atomic mass is 16.5. The number of amides is 3. The van der Waals surface area contributed by atoms with E-state index in [1.54, 1.807) is 16.8 Å². The molecule has 2 fully saturated rings. The smallest absolute Gasteiger partial charge is 0.249 e. The van der Waals surface area contributed by atoms with Crippen molar-refractivity contribution in [2.24, 2.45) is 11.8 Å². The fraction of sp³-hybridized carbons (Fsp3) is 0.581. The van der Waals surface area contributed by atoms with E-state index in [4.69, 9.17) is 4.74 Å². The van der Waals surface area contributed by atoms with E-state index in [9.17, 15) is 19.5 Å². The molecule has 3 amide bonds. The Morgan fingerprint density at radius 3 is 2.38 bits per heavy atom. The number of carbonyl (C=O) groups is 3. The first kappa shape index (κ1) is 27.6. The minimum absolute atomic E-state index is 0.0281. The Kier molecular flexibility index (Phi) is 7.46. The molecule has 2 unspecified atom stereocenters. The Morgan fingerprint density at radius 1 is 1.00 bits per heavy atom. The van der Waals surface area contributed by atoms with E-state index < -0.39 is 35.1 Å². The number of fused-ring (bicyclic) bond motifs is 2. The molecule has 1 N–H and O–H groups in total. The van der Waals surface area contributed by atoms with Gasteiger partial charge >= 0.3 is 0 Å². The number of carbonyl (C=O) groups excluding carboxylic acids is 3. The van der Waals surface area contributed by atoms with Crippen LogP contribution in [0.5, 0.6) is 0 Å². The Hall–Kier alpha value is -2.97. The van der Waals surface area contributed by atoms with Gasteiger partial charge in [0.2, 0.25) is 17.7 Å². The standard InChI is InChI=1S/C31H41N3O5/c1-5-12-21(3)33-18-11-16-31-25(24-27(36)32(4)17-10-15-30(24,6-2)39-31)28(37)34(26(31)29(33)38)23(20-35)19-22-13-8-7-9-14-22/h7-11,13-16,21,23-26,35H,5-6,12,17-20H2,1-4H3/t21?,23-,24+,25+,26?,30-,31+/m1/s1. The molecule has 8 nitrogen and oxygen atoms in total. The first-order valence-electron chi connectivity index (χ1n) is 14.3. The Balaban J connectivity index is 1.67. The normalized spacial score (nSPS) is 33.5. The van der Waals surface area contributed by atoms with Crippen LogP contribution in [-0.4, -0.2) is 93.6 Å². The van der Waals surface area contributed by atoms with Crippen LogP contribution in [0.25, 0.3) is 0 Å². The summed E-state index contributed by atoms with van der Waals surface area (Å²) in [5.41, 5.74) is -1.34. The predicted molar refractivity (Wildman–Crippen MR) is 147 cm³/mol. The van der Waals surface area contributed by atoms with E-state index in [1.165, 1.54) is 0 Å². The number of likely N-dealkylation sites (tertiary alicyclic amines) is 1. The van der Waals surface area contributed by atoms with Crippen LogP contribution >= 0.6 is 0 Å². The van der Waals surface area contributed by atoms with Crippen molar-refractivity contribution in [3.63, 3.8) is 0 Å². The number of hydrogen-bond acceptors (Lipinski definition) is 5. The van der Waals surface area contributed by atoms with E-state index in [0.29, 0.717) is 25.9 Å². The number of benzene rings is 1. The fourth-order valence-corrected chi connectivity index (χ4v) is 7.34. The molecule has 2 saturated heterocycles. The molecule has 4 aliphatic rings. The molecule has 210 valence electrons. The van der Waals surface area contributed by atoms with Gasteiger partial charge in [-0.15, -0.1) is 0 Å². The number of rotatable bonds is 8. The first-order chi connectivity index (χ1) is 18.7. The summed E-state index contributed by atoms with van der Waals surface area (Å²) >= 11 is 0. The maximum Gasteiger partial charge on any atom is 0.249 e. The maximum atomic E-state index is 14.6. The molecule has 0 radical (unpaired) electrons. The summed E-state index contributed by atoms with van der Waals surface area (Å²) in [7, 11) is 1.74. The third-order valence-electron chi connectivity index (χ3n) is 9.27. The van der Waals surface area contributed by atoms with Crippen LogP contribution in [0.3, 0.4) is 0 Å². The Morgan fingerprint density at radius 2 is 1.72 bits per heavy atom. The minimum Gasteiger partial charge on any atom is -0.394 e. The van der Waals surface area contributed by atoms with Crippen LogP contribution in [0.2, 0.25) is 0 Å². The largest absolute Gasteiger partial charge is 0.394 e. The zero-order valence-electron chi connectivity index (χ0n) is 23.5. The van der Waals surface area contributed by atoms with Gasteiger partial charge in [0.25, 0.3) is 0 Å². The molecule has 0 bridgehead atoms. The number of aliphatic hydroxyl groups is 1. The molecule has 4 aliphatic heterocycles. The lowest BCUT2D eigenvalue weighted by Crippen LogP contribution is -2.60. The second kappa shape index (κ2) is 10.5. The first-order valence-corrected chi connectivity index (χ1v) is 14.3. The van der Waals surface area contributed by atoms with Gasteiger partial charge in [-0.1, -0.05) is 74.9 Å². The number of hydrogen-bond donors (Lipinski definition) is 1. The van der Waals surface area contributed by atoms with Crippen molar-refractivity contribution >= 4 is 17.7 Å². The molecule has 0 aromatic heterocycles. The third kappa shape index (κ3) is 4.23. The van der Waals surface area contributed by atoms with Gasteiger partial charge < -0.3 is 24.5 Å². The lowest BCUT2D eigenvalue weighted by molar-refractivity contribution is -0.158. The van der Waals surface area contributed by atoms with E-state index in [0.717, 1.165) is 18.4 Å². The van der Waals surface area contributed by atoms with Crippen molar-refractivity contribution in [3.05, 3.63) is 60.2 Å². The van der Waals surface area contributed by atoms with Gasteiger partial charge in [0, 0.05) is 26.2 Å². The van der Waals surface area contributed by atoms with E-state index in [-0.39, 0.29) is 30.4 Å².